The second-order valence-electron chi connectivity index (χ2n) is 3.93. The van der Waals surface area contributed by atoms with Crippen molar-refractivity contribution in [2.24, 2.45) is 0 Å². The standard InChI is InChI=1S/C11H13NO6S/c1-19(17,18)6-5-9(13)12-8-4-2-3-7(10(8)14)11(15)16/h2-4,14H,5-6H2,1H3,(H,12,13)(H,15,16). The second-order valence-corrected chi connectivity index (χ2v) is 6.19. The Morgan fingerprint density at radius 1 is 1.32 bits per heavy atom. The molecule has 0 aromatic heterocycles. The summed E-state index contributed by atoms with van der Waals surface area (Å²) in [7, 11) is -3.26. The molecule has 1 aromatic rings. The number of amides is 1. The van der Waals surface area contributed by atoms with E-state index in [1.54, 1.807) is 0 Å². The van der Waals surface area contributed by atoms with Crippen molar-refractivity contribution in [3.63, 3.8) is 0 Å². The summed E-state index contributed by atoms with van der Waals surface area (Å²) in [5, 5.41) is 20.7. The Labute approximate surface area is 109 Å². The highest BCUT2D eigenvalue weighted by Gasteiger charge is 2.15. The number of hydrogen-bond acceptors (Lipinski definition) is 5. The van der Waals surface area contributed by atoms with Gasteiger partial charge in [0.1, 0.15) is 15.4 Å². The van der Waals surface area contributed by atoms with Crippen LogP contribution in [0.4, 0.5) is 5.69 Å². The van der Waals surface area contributed by atoms with Gasteiger partial charge in [0.25, 0.3) is 0 Å². The zero-order valence-corrected chi connectivity index (χ0v) is 10.9. The number of benzene rings is 1. The van der Waals surface area contributed by atoms with Crippen LogP contribution in [0.2, 0.25) is 0 Å². The largest absolute Gasteiger partial charge is 0.505 e. The zero-order valence-electron chi connectivity index (χ0n) is 10.1. The molecule has 8 heteroatoms. The molecule has 0 unspecified atom stereocenters. The molecule has 1 aromatic carbocycles. The van der Waals surface area contributed by atoms with Gasteiger partial charge in [-0.2, -0.15) is 0 Å². The first kappa shape index (κ1) is 15.0. The third-order valence-corrected chi connectivity index (χ3v) is 3.19. The van der Waals surface area contributed by atoms with E-state index in [-0.39, 0.29) is 23.4 Å². The number of carbonyl (C=O) groups excluding carboxylic acids is 1. The number of nitrogens with one attached hydrogen (secondary N) is 1. The fraction of sp³-hybridized carbons (Fsp3) is 0.273. The molecule has 7 nitrogen and oxygen atoms in total. The molecule has 0 atom stereocenters. The Morgan fingerprint density at radius 2 is 1.95 bits per heavy atom. The average molecular weight is 287 g/mol. The predicted octanol–water partition coefficient (Wildman–Crippen LogP) is 0.464. The summed E-state index contributed by atoms with van der Waals surface area (Å²) in [6.45, 7) is 0. The van der Waals surface area contributed by atoms with Crippen molar-refractivity contribution in [3.8, 4) is 5.75 Å². The van der Waals surface area contributed by atoms with Gasteiger partial charge in [0.05, 0.1) is 11.4 Å². The molecule has 1 rings (SSSR count). The van der Waals surface area contributed by atoms with Crippen LogP contribution in [0.25, 0.3) is 0 Å². The van der Waals surface area contributed by atoms with Crippen LogP contribution in [-0.2, 0) is 14.6 Å². The molecule has 0 bridgehead atoms. The zero-order chi connectivity index (χ0) is 14.6. The molecule has 0 aliphatic heterocycles. The number of carboxylic acid groups (broad SMARTS) is 1. The van der Waals surface area contributed by atoms with Crippen molar-refractivity contribution in [2.45, 2.75) is 6.42 Å². The Kier molecular flexibility index (Phi) is 4.49. The van der Waals surface area contributed by atoms with Gasteiger partial charge in [-0.05, 0) is 12.1 Å². The summed E-state index contributed by atoms with van der Waals surface area (Å²) in [6.07, 6.45) is 0.734. The molecule has 0 aliphatic carbocycles. The molecule has 19 heavy (non-hydrogen) atoms. The van der Waals surface area contributed by atoms with Crippen LogP contribution in [0.15, 0.2) is 18.2 Å². The summed E-state index contributed by atoms with van der Waals surface area (Å²) in [5.41, 5.74) is -0.417. The number of anilines is 1. The van der Waals surface area contributed by atoms with Gasteiger partial charge in [-0.25, -0.2) is 13.2 Å². The number of carboxylic acids is 1. The van der Waals surface area contributed by atoms with Gasteiger partial charge in [-0.15, -0.1) is 0 Å². The molecule has 0 saturated carbocycles. The lowest BCUT2D eigenvalue weighted by Gasteiger charge is -2.08. The summed E-state index contributed by atoms with van der Waals surface area (Å²) in [6, 6.07) is 3.86. The Balaban J connectivity index is 2.80. The molecule has 0 saturated heterocycles. The number of para-hydroxylation sites is 1. The maximum Gasteiger partial charge on any atom is 0.339 e. The van der Waals surface area contributed by atoms with Crippen molar-refractivity contribution in [2.75, 3.05) is 17.3 Å². The Hall–Kier alpha value is -2.09. The van der Waals surface area contributed by atoms with E-state index < -0.39 is 27.5 Å². The lowest BCUT2D eigenvalue weighted by Crippen LogP contribution is -2.17. The molecular formula is C11H13NO6S. The third-order valence-electron chi connectivity index (χ3n) is 2.24. The van der Waals surface area contributed by atoms with Crippen molar-refractivity contribution in [3.05, 3.63) is 23.8 Å². The van der Waals surface area contributed by atoms with Crippen LogP contribution in [0.5, 0.6) is 5.75 Å². The van der Waals surface area contributed by atoms with Gasteiger partial charge >= 0.3 is 5.97 Å². The average Bonchev–Trinajstić information content (AvgIpc) is 2.28. The minimum atomic E-state index is -3.26. The number of phenols is 1. The monoisotopic (exact) mass is 287 g/mol. The molecule has 104 valence electrons. The van der Waals surface area contributed by atoms with Gasteiger partial charge in [0, 0.05) is 12.7 Å². The van der Waals surface area contributed by atoms with Crippen molar-refractivity contribution < 1.29 is 28.2 Å². The number of hydrogen-bond donors (Lipinski definition) is 3. The minimum absolute atomic E-state index is 0.0709. The van der Waals surface area contributed by atoms with Gasteiger partial charge in [-0.3, -0.25) is 4.79 Å². The van der Waals surface area contributed by atoms with Crippen molar-refractivity contribution in [1.82, 2.24) is 0 Å². The van der Waals surface area contributed by atoms with E-state index in [0.717, 1.165) is 6.26 Å². The van der Waals surface area contributed by atoms with Crippen LogP contribution >= 0.6 is 0 Å². The first-order valence-corrected chi connectivity index (χ1v) is 7.29. The van der Waals surface area contributed by atoms with Gasteiger partial charge in [-0.1, -0.05) is 6.07 Å². The smallest absolute Gasteiger partial charge is 0.339 e. The van der Waals surface area contributed by atoms with Crippen molar-refractivity contribution in [1.29, 1.82) is 0 Å². The molecule has 0 heterocycles. The lowest BCUT2D eigenvalue weighted by molar-refractivity contribution is -0.115. The van der Waals surface area contributed by atoms with E-state index in [1.807, 2.05) is 0 Å². The topological polar surface area (TPSA) is 121 Å². The highest BCUT2D eigenvalue weighted by atomic mass is 32.2. The summed E-state index contributed by atoms with van der Waals surface area (Å²) < 4.78 is 21.8. The Bertz CT molecular complexity index is 608. The minimum Gasteiger partial charge on any atom is -0.505 e. The molecule has 1 amide bonds. The van der Waals surface area contributed by atoms with E-state index in [4.69, 9.17) is 5.11 Å². The highest BCUT2D eigenvalue weighted by molar-refractivity contribution is 7.90. The van der Waals surface area contributed by atoms with Crippen LogP contribution < -0.4 is 5.32 Å². The van der Waals surface area contributed by atoms with Gasteiger partial charge in [0.15, 0.2) is 5.75 Å². The van der Waals surface area contributed by atoms with E-state index in [2.05, 4.69) is 5.32 Å². The van der Waals surface area contributed by atoms with Gasteiger partial charge in [0.2, 0.25) is 5.91 Å². The molecule has 0 spiro atoms. The number of aromatic hydroxyl groups is 1. The van der Waals surface area contributed by atoms with Crippen LogP contribution in [0, 0.1) is 0 Å². The first-order valence-electron chi connectivity index (χ1n) is 5.23. The third kappa shape index (κ3) is 4.59. The molecule has 3 N–H and O–H groups in total. The maximum atomic E-state index is 11.5. The van der Waals surface area contributed by atoms with Crippen LogP contribution in [0.3, 0.4) is 0 Å². The number of carbonyl (C=O) groups is 2. The van der Waals surface area contributed by atoms with E-state index in [0.29, 0.717) is 0 Å². The number of sulfone groups is 1. The van der Waals surface area contributed by atoms with E-state index in [1.165, 1.54) is 18.2 Å². The summed E-state index contributed by atoms with van der Waals surface area (Å²) in [4.78, 5) is 22.2. The molecular weight excluding hydrogens is 274 g/mol. The van der Waals surface area contributed by atoms with Crippen molar-refractivity contribution >= 4 is 27.4 Å². The second kappa shape index (κ2) is 5.70. The molecule has 0 radical (unpaired) electrons. The maximum absolute atomic E-state index is 11.5. The van der Waals surface area contributed by atoms with E-state index in [9.17, 15) is 23.1 Å². The molecule has 0 fully saturated rings. The number of aromatic carboxylic acids is 1. The quantitative estimate of drug-likeness (QED) is 0.677. The lowest BCUT2D eigenvalue weighted by atomic mass is 10.1. The van der Waals surface area contributed by atoms with Crippen LogP contribution in [0.1, 0.15) is 16.8 Å². The van der Waals surface area contributed by atoms with Gasteiger partial charge < -0.3 is 15.5 Å². The molecule has 0 aliphatic rings. The first-order chi connectivity index (χ1) is 8.70. The Morgan fingerprint density at radius 3 is 2.47 bits per heavy atom. The fourth-order valence-electron chi connectivity index (χ4n) is 1.31. The summed E-state index contributed by atoms with van der Waals surface area (Å²) >= 11 is 0. The fourth-order valence-corrected chi connectivity index (χ4v) is 1.86. The normalized spacial score (nSPS) is 11.0. The van der Waals surface area contributed by atoms with Crippen LogP contribution in [-0.4, -0.2) is 42.5 Å². The highest BCUT2D eigenvalue weighted by Crippen LogP contribution is 2.27. The summed E-state index contributed by atoms with van der Waals surface area (Å²) in [5.74, 6) is -2.84. The predicted molar refractivity (Wildman–Crippen MR) is 68.0 cm³/mol. The van der Waals surface area contributed by atoms with E-state index >= 15 is 0 Å². The SMILES string of the molecule is CS(=O)(=O)CCC(=O)Nc1cccc(C(=O)O)c1O. The number of rotatable bonds is 5.